The molecule has 5 nitrogen and oxygen atoms in total. The van der Waals surface area contributed by atoms with Crippen LogP contribution in [0.5, 0.6) is 0 Å². The molecule has 0 amide bonds. The van der Waals surface area contributed by atoms with Gasteiger partial charge in [0.15, 0.2) is 6.29 Å². The van der Waals surface area contributed by atoms with Crippen LogP contribution in [0.3, 0.4) is 0 Å². The zero-order valence-corrected chi connectivity index (χ0v) is 12.2. The predicted octanol–water partition coefficient (Wildman–Crippen LogP) is 3.89. The van der Waals surface area contributed by atoms with Gasteiger partial charge in [-0.25, -0.2) is 0 Å². The molecule has 0 atom stereocenters. The molecule has 0 heterocycles. The van der Waals surface area contributed by atoms with Crippen molar-refractivity contribution in [2.75, 3.05) is 0 Å². The molecule has 7 heteroatoms. The summed E-state index contributed by atoms with van der Waals surface area (Å²) in [5.41, 5.74) is 0.427. The monoisotopic (exact) mass is 327 g/mol. The van der Waals surface area contributed by atoms with Gasteiger partial charge in [0.2, 0.25) is 0 Å². The molecule has 0 aliphatic carbocycles. The lowest BCUT2D eigenvalue weighted by Gasteiger charge is -1.99. The predicted molar refractivity (Wildman–Crippen MR) is 80.9 cm³/mol. The fourth-order valence-corrected chi connectivity index (χ4v) is 1.78. The smallest absolute Gasteiger partial charge is 0.281 e. The normalized spacial score (nSPS) is 9.48. The molecular formula is C14H11Cl2NO4. The van der Waals surface area contributed by atoms with E-state index in [0.717, 1.165) is 11.6 Å². The van der Waals surface area contributed by atoms with Gasteiger partial charge in [-0.3, -0.25) is 14.9 Å². The van der Waals surface area contributed by atoms with Gasteiger partial charge in [-0.2, -0.15) is 0 Å². The van der Waals surface area contributed by atoms with Gasteiger partial charge in [-0.15, -0.1) is 0 Å². The molecule has 2 aromatic rings. The van der Waals surface area contributed by atoms with Crippen molar-refractivity contribution in [1.82, 2.24) is 0 Å². The van der Waals surface area contributed by atoms with Crippen molar-refractivity contribution in [3.05, 3.63) is 73.8 Å². The lowest BCUT2D eigenvalue weighted by atomic mass is 10.2. The number of aliphatic hydroxyl groups excluding tert-OH is 1. The Balaban J connectivity index is 0.000000235. The number of carbonyl (C=O) groups is 1. The Morgan fingerprint density at radius 1 is 1.14 bits per heavy atom. The van der Waals surface area contributed by atoms with E-state index in [9.17, 15) is 14.9 Å². The molecule has 0 spiro atoms. The van der Waals surface area contributed by atoms with E-state index in [1.54, 1.807) is 0 Å². The second-order valence-corrected chi connectivity index (χ2v) is 4.60. The van der Waals surface area contributed by atoms with Crippen molar-refractivity contribution < 1.29 is 14.8 Å². The minimum Gasteiger partial charge on any atom is -0.392 e. The molecule has 0 aliphatic rings. The highest BCUT2D eigenvalue weighted by Gasteiger charge is 2.18. The first-order valence-electron chi connectivity index (χ1n) is 5.73. The highest BCUT2D eigenvalue weighted by atomic mass is 35.5. The Kier molecular flexibility index (Phi) is 6.81. The lowest BCUT2D eigenvalue weighted by molar-refractivity contribution is -0.385. The number of aliphatic hydroxyl groups is 1. The Labute approximate surface area is 130 Å². The standard InChI is InChI=1S/C7H3Cl2NO3.C7H8O/c8-5-1-2-6(10(12)13)4(3-11)7(5)9;8-6-7-4-2-1-3-5-7/h1-3H;1-5,8H,6H2. The van der Waals surface area contributed by atoms with Crippen LogP contribution in [0.2, 0.25) is 10.0 Å². The summed E-state index contributed by atoms with van der Waals surface area (Å²) in [6.45, 7) is 0.140. The molecule has 0 unspecified atom stereocenters. The number of aldehydes is 1. The molecule has 2 rings (SSSR count). The van der Waals surface area contributed by atoms with Gasteiger partial charge in [0, 0.05) is 6.07 Å². The number of nitro groups is 1. The number of hydrogen-bond acceptors (Lipinski definition) is 4. The van der Waals surface area contributed by atoms with Gasteiger partial charge in [-0.05, 0) is 11.6 Å². The van der Waals surface area contributed by atoms with Crippen LogP contribution in [0.4, 0.5) is 5.69 Å². The molecule has 110 valence electrons. The molecule has 0 bridgehead atoms. The van der Waals surface area contributed by atoms with Crippen LogP contribution < -0.4 is 0 Å². The second-order valence-electron chi connectivity index (χ2n) is 3.81. The summed E-state index contributed by atoms with van der Waals surface area (Å²) in [5.74, 6) is 0. The molecule has 0 radical (unpaired) electrons. The minimum absolute atomic E-state index is 0.0918. The van der Waals surface area contributed by atoms with Gasteiger partial charge >= 0.3 is 0 Å². The number of halogens is 2. The maximum absolute atomic E-state index is 10.5. The van der Waals surface area contributed by atoms with E-state index in [1.165, 1.54) is 6.07 Å². The van der Waals surface area contributed by atoms with Crippen LogP contribution in [-0.4, -0.2) is 16.3 Å². The molecule has 1 N–H and O–H groups in total. The highest BCUT2D eigenvalue weighted by molar-refractivity contribution is 6.43. The zero-order valence-electron chi connectivity index (χ0n) is 10.7. The van der Waals surface area contributed by atoms with Crippen LogP contribution >= 0.6 is 23.2 Å². The number of rotatable bonds is 3. The van der Waals surface area contributed by atoms with E-state index in [4.69, 9.17) is 28.3 Å². The second kappa shape index (κ2) is 8.36. The summed E-state index contributed by atoms with van der Waals surface area (Å²) < 4.78 is 0. The van der Waals surface area contributed by atoms with Crippen molar-refractivity contribution in [2.24, 2.45) is 0 Å². The summed E-state index contributed by atoms with van der Waals surface area (Å²) in [4.78, 5) is 20.2. The van der Waals surface area contributed by atoms with Crippen molar-refractivity contribution in [3.8, 4) is 0 Å². The van der Waals surface area contributed by atoms with Crippen molar-refractivity contribution in [1.29, 1.82) is 0 Å². The fourth-order valence-electron chi connectivity index (χ4n) is 1.41. The number of carbonyl (C=O) groups excluding carboxylic acids is 1. The topological polar surface area (TPSA) is 80.4 Å². The third kappa shape index (κ3) is 4.82. The van der Waals surface area contributed by atoms with Gasteiger partial charge < -0.3 is 5.11 Å². The number of nitro benzene ring substituents is 1. The Bertz CT molecular complexity index is 632. The van der Waals surface area contributed by atoms with E-state index in [2.05, 4.69) is 0 Å². The summed E-state index contributed by atoms with van der Waals surface area (Å²) in [6.07, 6.45) is 0.312. The maximum Gasteiger partial charge on any atom is 0.281 e. The molecule has 0 saturated heterocycles. The quantitative estimate of drug-likeness (QED) is 0.526. The summed E-state index contributed by atoms with van der Waals surface area (Å²) >= 11 is 11.1. The average Bonchev–Trinajstić information content (AvgIpc) is 2.51. The Morgan fingerprint density at radius 2 is 1.76 bits per heavy atom. The minimum atomic E-state index is -0.689. The largest absolute Gasteiger partial charge is 0.392 e. The summed E-state index contributed by atoms with van der Waals surface area (Å²) in [7, 11) is 0. The van der Waals surface area contributed by atoms with Gasteiger partial charge in [0.05, 0.1) is 21.6 Å². The van der Waals surface area contributed by atoms with Crippen molar-refractivity contribution in [3.63, 3.8) is 0 Å². The average molecular weight is 328 g/mol. The van der Waals surface area contributed by atoms with Crippen molar-refractivity contribution >= 4 is 35.2 Å². The molecule has 2 aromatic carbocycles. The number of nitrogens with zero attached hydrogens (tertiary/aromatic N) is 1. The van der Waals surface area contributed by atoms with Crippen molar-refractivity contribution in [2.45, 2.75) is 6.61 Å². The first-order chi connectivity index (χ1) is 10.0. The lowest BCUT2D eigenvalue weighted by Crippen LogP contribution is -1.95. The third-order valence-corrected chi connectivity index (χ3v) is 3.27. The Hall–Kier alpha value is -1.95. The third-order valence-electron chi connectivity index (χ3n) is 2.45. The van der Waals surface area contributed by atoms with Crippen LogP contribution in [0.1, 0.15) is 15.9 Å². The van der Waals surface area contributed by atoms with E-state index < -0.39 is 4.92 Å². The Morgan fingerprint density at radius 3 is 2.19 bits per heavy atom. The van der Waals surface area contributed by atoms with Gasteiger partial charge in [0.25, 0.3) is 5.69 Å². The van der Waals surface area contributed by atoms with Crippen LogP contribution in [0, 0.1) is 10.1 Å². The molecular weight excluding hydrogens is 317 g/mol. The summed E-state index contributed by atoms with van der Waals surface area (Å²) in [5, 5.41) is 19.0. The van der Waals surface area contributed by atoms with E-state index in [1.807, 2.05) is 30.3 Å². The van der Waals surface area contributed by atoms with Crippen LogP contribution in [0.15, 0.2) is 42.5 Å². The highest BCUT2D eigenvalue weighted by Crippen LogP contribution is 2.31. The fraction of sp³-hybridized carbons (Fsp3) is 0.0714. The van der Waals surface area contributed by atoms with Crippen LogP contribution in [-0.2, 0) is 6.61 Å². The van der Waals surface area contributed by atoms with Gasteiger partial charge in [0.1, 0.15) is 5.56 Å². The molecule has 0 saturated carbocycles. The molecule has 0 fully saturated rings. The SMILES string of the molecule is O=Cc1c([N+](=O)[O-])ccc(Cl)c1Cl.OCc1ccccc1. The zero-order chi connectivity index (χ0) is 15.8. The van der Waals surface area contributed by atoms with E-state index in [0.29, 0.717) is 6.29 Å². The first-order valence-corrected chi connectivity index (χ1v) is 6.49. The molecule has 21 heavy (non-hydrogen) atoms. The van der Waals surface area contributed by atoms with E-state index >= 15 is 0 Å². The molecule has 0 aliphatic heterocycles. The molecule has 0 aromatic heterocycles. The summed E-state index contributed by atoms with van der Waals surface area (Å²) in [6, 6.07) is 11.9. The van der Waals surface area contributed by atoms with Gasteiger partial charge in [-0.1, -0.05) is 53.5 Å². The maximum atomic E-state index is 10.5. The first kappa shape index (κ1) is 17.1. The number of benzene rings is 2. The van der Waals surface area contributed by atoms with Crippen LogP contribution in [0.25, 0.3) is 0 Å². The number of hydrogen-bond donors (Lipinski definition) is 1. The van der Waals surface area contributed by atoms with E-state index in [-0.39, 0.29) is 27.9 Å².